The molecule has 1 aliphatic rings. The van der Waals surface area contributed by atoms with Gasteiger partial charge in [0.15, 0.2) is 0 Å². The van der Waals surface area contributed by atoms with Crippen molar-refractivity contribution in [3.05, 3.63) is 34.6 Å². The number of rotatable bonds is 2. The molecule has 1 aliphatic heterocycles. The highest BCUT2D eigenvalue weighted by Crippen LogP contribution is 2.07. The number of hydrogen-bond donors (Lipinski definition) is 1. The summed E-state index contributed by atoms with van der Waals surface area (Å²) in [7, 11) is 0. The molecule has 2 heterocycles. The van der Waals surface area contributed by atoms with Crippen LogP contribution in [0.15, 0.2) is 29.1 Å². The average Bonchev–Trinajstić information content (AvgIpc) is 2.31. The van der Waals surface area contributed by atoms with Crippen LogP contribution in [0.2, 0.25) is 0 Å². The fourth-order valence-electron chi connectivity index (χ4n) is 2.03. The summed E-state index contributed by atoms with van der Waals surface area (Å²) >= 11 is 0. The molecule has 0 unspecified atom stereocenters. The Balaban J connectivity index is 1.95. The van der Waals surface area contributed by atoms with Gasteiger partial charge in [0.1, 0.15) is 5.52 Å². The summed E-state index contributed by atoms with van der Waals surface area (Å²) in [6.07, 6.45) is 0. The zero-order valence-corrected chi connectivity index (χ0v) is 9.28. The first-order valence-electron chi connectivity index (χ1n) is 5.54. The molecule has 0 bridgehead atoms. The van der Waals surface area contributed by atoms with E-state index in [2.05, 4.69) is 15.2 Å². The fourth-order valence-corrected chi connectivity index (χ4v) is 2.03. The number of nitrogens with zero attached hydrogens (tertiary/aromatic N) is 4. The van der Waals surface area contributed by atoms with Gasteiger partial charge < -0.3 is 5.73 Å². The Bertz CT molecular complexity index is 602. The number of nitrogens with two attached hydrogens (primary N) is 1. The molecular weight excluding hydrogens is 218 g/mol. The molecule has 2 aromatic rings. The first-order chi connectivity index (χ1) is 8.24. The molecule has 0 spiro atoms. The highest BCUT2D eigenvalue weighted by Gasteiger charge is 2.23. The van der Waals surface area contributed by atoms with Gasteiger partial charge in [0, 0.05) is 19.1 Å². The predicted molar refractivity (Wildman–Crippen MR) is 63.3 cm³/mol. The second kappa shape index (κ2) is 3.90. The van der Waals surface area contributed by atoms with Gasteiger partial charge in [0.25, 0.3) is 5.56 Å². The maximum atomic E-state index is 12.1. The highest BCUT2D eigenvalue weighted by molar-refractivity contribution is 5.76. The topological polar surface area (TPSA) is 77.0 Å². The first kappa shape index (κ1) is 10.4. The zero-order valence-electron chi connectivity index (χ0n) is 9.28. The number of fused-ring (bicyclic) bond motifs is 1. The zero-order chi connectivity index (χ0) is 11.8. The molecule has 0 atom stereocenters. The van der Waals surface area contributed by atoms with Crippen molar-refractivity contribution in [3.63, 3.8) is 0 Å². The number of likely N-dealkylation sites (tertiary alicyclic amines) is 1. The van der Waals surface area contributed by atoms with Gasteiger partial charge in [-0.25, -0.2) is 0 Å². The van der Waals surface area contributed by atoms with Crippen LogP contribution in [0.25, 0.3) is 10.9 Å². The summed E-state index contributed by atoms with van der Waals surface area (Å²) in [5, 5.41) is 8.56. The molecular formula is C11H13N5O. The Kier molecular flexibility index (Phi) is 2.38. The van der Waals surface area contributed by atoms with Crippen LogP contribution < -0.4 is 11.3 Å². The molecule has 0 saturated carbocycles. The van der Waals surface area contributed by atoms with Crippen LogP contribution in [0.4, 0.5) is 0 Å². The van der Waals surface area contributed by atoms with E-state index in [0.29, 0.717) is 17.6 Å². The molecule has 0 radical (unpaired) electrons. The van der Waals surface area contributed by atoms with Crippen LogP contribution >= 0.6 is 0 Å². The second-order valence-corrected chi connectivity index (χ2v) is 4.35. The molecule has 6 heteroatoms. The molecule has 6 nitrogen and oxygen atoms in total. The van der Waals surface area contributed by atoms with E-state index in [1.807, 2.05) is 12.1 Å². The summed E-state index contributed by atoms with van der Waals surface area (Å²) in [4.78, 5) is 14.2. The third-order valence-electron chi connectivity index (χ3n) is 2.95. The molecule has 17 heavy (non-hydrogen) atoms. The lowest BCUT2D eigenvalue weighted by atomic mass is 10.1. The highest BCUT2D eigenvalue weighted by atomic mass is 16.1. The van der Waals surface area contributed by atoms with Crippen LogP contribution in [-0.4, -0.2) is 39.0 Å². The van der Waals surface area contributed by atoms with Gasteiger partial charge in [-0.1, -0.05) is 17.3 Å². The van der Waals surface area contributed by atoms with Crippen molar-refractivity contribution in [2.24, 2.45) is 5.73 Å². The van der Waals surface area contributed by atoms with E-state index in [9.17, 15) is 4.79 Å². The minimum absolute atomic E-state index is 0.101. The molecule has 0 amide bonds. The monoisotopic (exact) mass is 231 g/mol. The number of aromatic nitrogens is 3. The Hall–Kier alpha value is -1.79. The van der Waals surface area contributed by atoms with E-state index in [-0.39, 0.29) is 11.6 Å². The van der Waals surface area contributed by atoms with Gasteiger partial charge in [0.2, 0.25) is 0 Å². The second-order valence-electron chi connectivity index (χ2n) is 4.35. The third-order valence-corrected chi connectivity index (χ3v) is 2.95. The summed E-state index contributed by atoms with van der Waals surface area (Å²) in [6.45, 7) is 2.08. The van der Waals surface area contributed by atoms with Gasteiger partial charge in [0.05, 0.1) is 12.1 Å². The van der Waals surface area contributed by atoms with Gasteiger partial charge in [-0.3, -0.25) is 9.69 Å². The quantitative estimate of drug-likeness (QED) is 0.746. The molecule has 1 saturated heterocycles. The van der Waals surface area contributed by atoms with Crippen molar-refractivity contribution < 1.29 is 0 Å². The van der Waals surface area contributed by atoms with Crippen molar-refractivity contribution in [3.8, 4) is 0 Å². The molecule has 3 rings (SSSR count). The third kappa shape index (κ3) is 1.81. The van der Waals surface area contributed by atoms with Crippen LogP contribution in [0.3, 0.4) is 0 Å². The first-order valence-corrected chi connectivity index (χ1v) is 5.54. The molecule has 1 fully saturated rings. The minimum atomic E-state index is -0.101. The lowest BCUT2D eigenvalue weighted by Crippen LogP contribution is -2.56. The lowest BCUT2D eigenvalue weighted by Gasteiger charge is -2.36. The molecule has 88 valence electrons. The van der Waals surface area contributed by atoms with Crippen molar-refractivity contribution in [2.75, 3.05) is 13.1 Å². The largest absolute Gasteiger partial charge is 0.325 e. The fraction of sp³-hybridized carbons (Fsp3) is 0.364. The van der Waals surface area contributed by atoms with E-state index in [0.717, 1.165) is 13.1 Å². The average molecular weight is 231 g/mol. The van der Waals surface area contributed by atoms with Crippen molar-refractivity contribution in [1.82, 2.24) is 19.9 Å². The van der Waals surface area contributed by atoms with E-state index < -0.39 is 0 Å². The lowest BCUT2D eigenvalue weighted by molar-refractivity contribution is 0.100. The summed E-state index contributed by atoms with van der Waals surface area (Å²) in [6, 6.07) is 7.45. The van der Waals surface area contributed by atoms with E-state index in [1.165, 1.54) is 4.68 Å². The van der Waals surface area contributed by atoms with E-state index in [4.69, 9.17) is 5.73 Å². The molecule has 2 N–H and O–H groups in total. The van der Waals surface area contributed by atoms with Crippen LogP contribution in [0.5, 0.6) is 0 Å². The van der Waals surface area contributed by atoms with Crippen LogP contribution in [0, 0.1) is 0 Å². The summed E-state index contributed by atoms with van der Waals surface area (Å²) < 4.78 is 1.38. The SMILES string of the molecule is NC1CN(Cn2nnc3ccccc3c2=O)C1. The maximum absolute atomic E-state index is 12.1. The Morgan fingerprint density at radius 2 is 2.12 bits per heavy atom. The van der Waals surface area contributed by atoms with Gasteiger partial charge in [-0.05, 0) is 12.1 Å². The normalized spacial score (nSPS) is 17.2. The Morgan fingerprint density at radius 1 is 1.35 bits per heavy atom. The van der Waals surface area contributed by atoms with Crippen molar-refractivity contribution in [2.45, 2.75) is 12.7 Å². The van der Waals surface area contributed by atoms with Gasteiger partial charge >= 0.3 is 0 Å². The predicted octanol–water partition coefficient (Wildman–Crippen LogP) is -0.608. The number of hydrogen-bond acceptors (Lipinski definition) is 5. The number of benzene rings is 1. The van der Waals surface area contributed by atoms with Crippen molar-refractivity contribution >= 4 is 10.9 Å². The molecule has 1 aromatic heterocycles. The van der Waals surface area contributed by atoms with E-state index >= 15 is 0 Å². The van der Waals surface area contributed by atoms with E-state index in [1.54, 1.807) is 12.1 Å². The van der Waals surface area contributed by atoms with Gasteiger partial charge in [-0.15, -0.1) is 5.10 Å². The standard InChI is InChI=1S/C11H13N5O/c12-8-5-15(6-8)7-16-11(17)9-3-1-2-4-10(9)13-14-16/h1-4,8H,5-7,12H2. The van der Waals surface area contributed by atoms with Gasteiger partial charge in [-0.2, -0.15) is 4.68 Å². The van der Waals surface area contributed by atoms with Crippen LogP contribution in [0.1, 0.15) is 0 Å². The molecule has 1 aromatic carbocycles. The summed E-state index contributed by atoms with van der Waals surface area (Å²) in [5.41, 5.74) is 6.22. The minimum Gasteiger partial charge on any atom is -0.325 e. The maximum Gasteiger partial charge on any atom is 0.278 e. The Morgan fingerprint density at radius 3 is 2.88 bits per heavy atom. The van der Waals surface area contributed by atoms with Crippen LogP contribution in [-0.2, 0) is 6.67 Å². The van der Waals surface area contributed by atoms with Crippen molar-refractivity contribution in [1.29, 1.82) is 0 Å². The summed E-state index contributed by atoms with van der Waals surface area (Å²) in [5.74, 6) is 0. The Labute approximate surface area is 97.6 Å². The molecule has 0 aliphatic carbocycles. The smallest absolute Gasteiger partial charge is 0.278 e.